The summed E-state index contributed by atoms with van der Waals surface area (Å²) in [5.74, 6) is -0.507. The fourth-order valence-corrected chi connectivity index (χ4v) is 1.81. The van der Waals surface area contributed by atoms with Gasteiger partial charge in [0.1, 0.15) is 0 Å². The minimum absolute atomic E-state index is 0.113. The van der Waals surface area contributed by atoms with Gasteiger partial charge in [-0.25, -0.2) is 0 Å². The van der Waals surface area contributed by atoms with Crippen LogP contribution in [-0.4, -0.2) is 35.5 Å². The van der Waals surface area contributed by atoms with Crippen LogP contribution < -0.4 is 0 Å². The number of carboxylic acid groups (broad SMARTS) is 1. The van der Waals surface area contributed by atoms with E-state index >= 15 is 0 Å². The van der Waals surface area contributed by atoms with Gasteiger partial charge in [0.25, 0.3) is 5.91 Å². The zero-order valence-electron chi connectivity index (χ0n) is 11.7. The first kappa shape index (κ1) is 15.2. The van der Waals surface area contributed by atoms with Crippen LogP contribution in [0.2, 0.25) is 0 Å². The molecule has 4 nitrogen and oxygen atoms in total. The van der Waals surface area contributed by atoms with E-state index in [-0.39, 0.29) is 12.3 Å². The van der Waals surface area contributed by atoms with Crippen LogP contribution in [0, 0.1) is 5.92 Å². The number of amides is 1. The van der Waals surface area contributed by atoms with E-state index in [2.05, 4.69) is 13.8 Å². The van der Waals surface area contributed by atoms with Crippen molar-refractivity contribution in [3.8, 4) is 0 Å². The Morgan fingerprint density at radius 1 is 1.26 bits per heavy atom. The summed E-state index contributed by atoms with van der Waals surface area (Å²) in [5.41, 5.74) is 1.05. The van der Waals surface area contributed by atoms with Gasteiger partial charge in [0, 0.05) is 19.2 Å². The van der Waals surface area contributed by atoms with E-state index in [1.807, 2.05) is 0 Å². The van der Waals surface area contributed by atoms with Crippen molar-refractivity contribution in [2.75, 3.05) is 13.6 Å². The second-order valence-electron chi connectivity index (χ2n) is 5.14. The molecule has 1 amide bonds. The van der Waals surface area contributed by atoms with Crippen molar-refractivity contribution in [2.45, 2.75) is 26.7 Å². The number of rotatable bonds is 6. The van der Waals surface area contributed by atoms with Crippen molar-refractivity contribution >= 4 is 11.9 Å². The van der Waals surface area contributed by atoms with Crippen LogP contribution in [0.25, 0.3) is 0 Å². The molecule has 0 saturated heterocycles. The van der Waals surface area contributed by atoms with Gasteiger partial charge in [-0.1, -0.05) is 32.0 Å². The van der Waals surface area contributed by atoms with Crippen molar-refractivity contribution in [3.05, 3.63) is 35.4 Å². The highest BCUT2D eigenvalue weighted by Crippen LogP contribution is 2.13. The maximum atomic E-state index is 12.3. The number of carbonyl (C=O) groups is 2. The average molecular weight is 263 g/mol. The zero-order chi connectivity index (χ0) is 14.4. The SMILES string of the molecule is CC(C)CCN(C)C(=O)c1ccccc1CC(=O)O. The van der Waals surface area contributed by atoms with Gasteiger partial charge in [-0.2, -0.15) is 0 Å². The Labute approximate surface area is 114 Å². The molecule has 1 N–H and O–H groups in total. The normalized spacial score (nSPS) is 10.5. The molecule has 0 atom stereocenters. The molecule has 0 fully saturated rings. The first-order valence-corrected chi connectivity index (χ1v) is 6.47. The van der Waals surface area contributed by atoms with Crippen molar-refractivity contribution in [3.63, 3.8) is 0 Å². The molecule has 1 aromatic rings. The lowest BCUT2D eigenvalue weighted by Crippen LogP contribution is -2.29. The number of benzene rings is 1. The number of carbonyl (C=O) groups excluding carboxylic acids is 1. The second-order valence-corrected chi connectivity index (χ2v) is 5.14. The van der Waals surface area contributed by atoms with E-state index in [1.54, 1.807) is 36.2 Å². The molecule has 0 heterocycles. The summed E-state index contributed by atoms with van der Waals surface area (Å²) in [6, 6.07) is 6.89. The lowest BCUT2D eigenvalue weighted by molar-refractivity contribution is -0.136. The Morgan fingerprint density at radius 2 is 1.89 bits per heavy atom. The van der Waals surface area contributed by atoms with E-state index in [0.29, 0.717) is 23.6 Å². The van der Waals surface area contributed by atoms with Gasteiger partial charge in [0.2, 0.25) is 0 Å². The van der Waals surface area contributed by atoms with Gasteiger partial charge in [-0.15, -0.1) is 0 Å². The van der Waals surface area contributed by atoms with E-state index in [0.717, 1.165) is 6.42 Å². The molecule has 0 saturated carbocycles. The second kappa shape index (κ2) is 6.92. The predicted molar refractivity (Wildman–Crippen MR) is 74.2 cm³/mol. The Balaban J connectivity index is 2.83. The molecule has 0 aromatic heterocycles. The number of aliphatic carboxylic acids is 1. The molecular weight excluding hydrogens is 242 g/mol. The topological polar surface area (TPSA) is 57.6 Å². The third-order valence-electron chi connectivity index (χ3n) is 2.98. The molecule has 1 aromatic carbocycles. The van der Waals surface area contributed by atoms with Gasteiger partial charge < -0.3 is 10.0 Å². The lowest BCUT2D eigenvalue weighted by atomic mass is 10.0. The minimum Gasteiger partial charge on any atom is -0.481 e. The first-order valence-electron chi connectivity index (χ1n) is 6.47. The molecule has 4 heteroatoms. The third-order valence-corrected chi connectivity index (χ3v) is 2.98. The fraction of sp³-hybridized carbons (Fsp3) is 0.467. The van der Waals surface area contributed by atoms with E-state index in [1.165, 1.54) is 0 Å². The van der Waals surface area contributed by atoms with Gasteiger partial charge >= 0.3 is 5.97 Å². The average Bonchev–Trinajstić information content (AvgIpc) is 2.35. The number of carboxylic acids is 1. The lowest BCUT2D eigenvalue weighted by Gasteiger charge is -2.19. The van der Waals surface area contributed by atoms with Crippen LogP contribution in [0.5, 0.6) is 0 Å². The molecule has 0 unspecified atom stereocenters. The van der Waals surface area contributed by atoms with Crippen molar-refractivity contribution < 1.29 is 14.7 Å². The van der Waals surface area contributed by atoms with E-state index in [4.69, 9.17) is 5.11 Å². The van der Waals surface area contributed by atoms with E-state index in [9.17, 15) is 9.59 Å². The Kier molecular flexibility index (Phi) is 5.55. The molecule has 0 bridgehead atoms. The van der Waals surface area contributed by atoms with Gasteiger partial charge in [0.15, 0.2) is 0 Å². The third kappa shape index (κ3) is 4.73. The summed E-state index contributed by atoms with van der Waals surface area (Å²) >= 11 is 0. The Bertz CT molecular complexity index is 454. The standard InChI is InChI=1S/C15H21NO3/c1-11(2)8-9-16(3)15(19)13-7-5-4-6-12(13)10-14(17)18/h4-7,11H,8-10H2,1-3H3,(H,17,18). The molecular formula is C15H21NO3. The first-order chi connectivity index (χ1) is 8.91. The van der Waals surface area contributed by atoms with Gasteiger partial charge in [0.05, 0.1) is 6.42 Å². The smallest absolute Gasteiger partial charge is 0.307 e. The van der Waals surface area contributed by atoms with Crippen LogP contribution in [0.15, 0.2) is 24.3 Å². The minimum atomic E-state index is -0.926. The van der Waals surface area contributed by atoms with Crippen molar-refractivity contribution in [1.82, 2.24) is 4.90 Å². The van der Waals surface area contributed by atoms with Crippen LogP contribution in [-0.2, 0) is 11.2 Å². The maximum absolute atomic E-state index is 12.3. The molecule has 0 aliphatic heterocycles. The van der Waals surface area contributed by atoms with Crippen LogP contribution in [0.1, 0.15) is 36.2 Å². The molecule has 1 rings (SSSR count). The Morgan fingerprint density at radius 3 is 2.47 bits per heavy atom. The molecule has 0 aliphatic carbocycles. The predicted octanol–water partition coefficient (Wildman–Crippen LogP) is 2.43. The molecule has 0 spiro atoms. The maximum Gasteiger partial charge on any atom is 0.307 e. The largest absolute Gasteiger partial charge is 0.481 e. The molecule has 0 aliphatic rings. The highest BCUT2D eigenvalue weighted by atomic mass is 16.4. The monoisotopic (exact) mass is 263 g/mol. The van der Waals surface area contributed by atoms with Crippen molar-refractivity contribution in [1.29, 1.82) is 0 Å². The summed E-state index contributed by atoms with van der Waals surface area (Å²) < 4.78 is 0. The van der Waals surface area contributed by atoms with Crippen LogP contribution in [0.3, 0.4) is 0 Å². The molecule has 19 heavy (non-hydrogen) atoms. The fourth-order valence-electron chi connectivity index (χ4n) is 1.81. The van der Waals surface area contributed by atoms with E-state index < -0.39 is 5.97 Å². The quantitative estimate of drug-likeness (QED) is 0.857. The summed E-state index contributed by atoms with van der Waals surface area (Å²) in [4.78, 5) is 24.7. The highest BCUT2D eigenvalue weighted by Gasteiger charge is 2.16. The number of nitrogens with zero attached hydrogens (tertiary/aromatic N) is 1. The summed E-state index contributed by atoms with van der Waals surface area (Å²) in [6.07, 6.45) is 0.809. The Hall–Kier alpha value is -1.84. The highest BCUT2D eigenvalue weighted by molar-refractivity contribution is 5.96. The zero-order valence-corrected chi connectivity index (χ0v) is 11.7. The van der Waals surface area contributed by atoms with Crippen molar-refractivity contribution in [2.24, 2.45) is 5.92 Å². The van der Waals surface area contributed by atoms with Crippen LogP contribution >= 0.6 is 0 Å². The number of hydrogen-bond acceptors (Lipinski definition) is 2. The van der Waals surface area contributed by atoms with Gasteiger partial charge in [-0.05, 0) is 24.0 Å². The molecule has 104 valence electrons. The number of hydrogen-bond donors (Lipinski definition) is 1. The summed E-state index contributed by atoms with van der Waals surface area (Å²) in [5, 5.41) is 8.86. The molecule has 0 radical (unpaired) electrons. The van der Waals surface area contributed by atoms with Gasteiger partial charge in [-0.3, -0.25) is 9.59 Å². The summed E-state index contributed by atoms with van der Waals surface area (Å²) in [7, 11) is 1.75. The summed E-state index contributed by atoms with van der Waals surface area (Å²) in [6.45, 7) is 4.89. The van der Waals surface area contributed by atoms with Crippen LogP contribution in [0.4, 0.5) is 0 Å².